The van der Waals surface area contributed by atoms with Crippen molar-refractivity contribution >= 4 is 28.9 Å². The minimum absolute atomic E-state index is 0.0631. The molecule has 1 aliphatic heterocycles. The molecule has 1 amide bonds. The van der Waals surface area contributed by atoms with Crippen molar-refractivity contribution in [2.24, 2.45) is 5.10 Å². The third-order valence-corrected chi connectivity index (χ3v) is 3.11. The number of anilines is 1. The van der Waals surface area contributed by atoms with Crippen molar-refractivity contribution in [1.29, 1.82) is 0 Å². The van der Waals surface area contributed by atoms with Gasteiger partial charge in [0.2, 0.25) is 5.91 Å². The van der Waals surface area contributed by atoms with Gasteiger partial charge in [-0.15, -0.1) is 0 Å². The molecule has 0 unspecified atom stereocenters. The summed E-state index contributed by atoms with van der Waals surface area (Å²) in [7, 11) is 0. The summed E-state index contributed by atoms with van der Waals surface area (Å²) in [5, 5.41) is 6.49. The molecule has 0 saturated heterocycles. The monoisotopic (exact) mass is 265 g/mol. The fraction of sp³-hybridized carbons (Fsp3) is 0.385. The van der Waals surface area contributed by atoms with Crippen LogP contribution < -0.4 is 5.73 Å². The lowest BCUT2D eigenvalue weighted by atomic mass is 10.1. The fourth-order valence-corrected chi connectivity index (χ4v) is 2.12. The van der Waals surface area contributed by atoms with Gasteiger partial charge in [0.25, 0.3) is 0 Å². The number of rotatable bonds is 3. The molecule has 0 aliphatic carbocycles. The molecule has 5 heteroatoms. The molecule has 0 radical (unpaired) electrons. The Hall–Kier alpha value is -1.55. The van der Waals surface area contributed by atoms with E-state index in [0.29, 0.717) is 23.7 Å². The van der Waals surface area contributed by atoms with E-state index in [2.05, 4.69) is 5.10 Å². The number of benzene rings is 1. The van der Waals surface area contributed by atoms with Crippen LogP contribution in [-0.4, -0.2) is 23.2 Å². The molecule has 18 heavy (non-hydrogen) atoms. The highest BCUT2D eigenvalue weighted by Gasteiger charge is 2.22. The van der Waals surface area contributed by atoms with E-state index in [1.807, 2.05) is 6.92 Å². The van der Waals surface area contributed by atoms with Gasteiger partial charge in [-0.2, -0.15) is 5.10 Å². The Morgan fingerprint density at radius 2 is 2.33 bits per heavy atom. The summed E-state index contributed by atoms with van der Waals surface area (Å²) in [5.41, 5.74) is 8.21. The lowest BCUT2D eigenvalue weighted by molar-refractivity contribution is -0.130. The third-order valence-electron chi connectivity index (χ3n) is 2.88. The van der Waals surface area contributed by atoms with E-state index in [1.54, 1.807) is 18.2 Å². The zero-order valence-corrected chi connectivity index (χ0v) is 11.1. The van der Waals surface area contributed by atoms with Crippen LogP contribution in [0.5, 0.6) is 0 Å². The number of nitrogens with zero attached hydrogens (tertiary/aromatic N) is 2. The van der Waals surface area contributed by atoms with Gasteiger partial charge < -0.3 is 5.73 Å². The predicted molar refractivity (Wildman–Crippen MR) is 73.6 cm³/mol. The lowest BCUT2D eigenvalue weighted by Gasteiger charge is -2.09. The number of hydrogen-bond donors (Lipinski definition) is 1. The Morgan fingerprint density at radius 3 is 3.06 bits per heavy atom. The second-order valence-electron chi connectivity index (χ2n) is 4.30. The largest absolute Gasteiger partial charge is 0.398 e. The van der Waals surface area contributed by atoms with E-state index < -0.39 is 0 Å². The van der Waals surface area contributed by atoms with E-state index in [9.17, 15) is 4.79 Å². The molecule has 1 aromatic rings. The average molecular weight is 266 g/mol. The topological polar surface area (TPSA) is 58.7 Å². The normalized spacial score (nSPS) is 14.8. The highest BCUT2D eigenvalue weighted by atomic mass is 35.5. The van der Waals surface area contributed by atoms with Crippen molar-refractivity contribution in [3.8, 4) is 0 Å². The third kappa shape index (κ3) is 2.64. The zero-order chi connectivity index (χ0) is 13.1. The van der Waals surface area contributed by atoms with E-state index in [0.717, 1.165) is 24.1 Å². The number of carbonyl (C=O) groups excluding carboxylic acids is 1. The highest BCUT2D eigenvalue weighted by molar-refractivity contribution is 6.31. The summed E-state index contributed by atoms with van der Waals surface area (Å²) in [6.07, 6.45) is 2.08. The molecule has 0 saturated carbocycles. The van der Waals surface area contributed by atoms with Gasteiger partial charge >= 0.3 is 0 Å². The summed E-state index contributed by atoms with van der Waals surface area (Å²) >= 11 is 5.95. The van der Waals surface area contributed by atoms with Gasteiger partial charge in [-0.05, 0) is 24.6 Å². The van der Waals surface area contributed by atoms with E-state index in [-0.39, 0.29) is 5.91 Å². The Bertz CT molecular complexity index is 499. The van der Waals surface area contributed by atoms with E-state index in [4.69, 9.17) is 17.3 Å². The Morgan fingerprint density at radius 1 is 1.56 bits per heavy atom. The van der Waals surface area contributed by atoms with Crippen LogP contribution in [0, 0.1) is 0 Å². The first-order chi connectivity index (χ1) is 8.61. The smallest absolute Gasteiger partial charge is 0.242 e. The second kappa shape index (κ2) is 5.40. The number of hydrazone groups is 1. The Labute approximate surface area is 111 Å². The molecule has 2 rings (SSSR count). The summed E-state index contributed by atoms with van der Waals surface area (Å²) in [4.78, 5) is 11.7. The maximum absolute atomic E-state index is 11.7. The summed E-state index contributed by atoms with van der Waals surface area (Å²) in [6, 6.07) is 5.30. The highest BCUT2D eigenvalue weighted by Crippen LogP contribution is 2.23. The van der Waals surface area contributed by atoms with Crippen molar-refractivity contribution in [2.45, 2.75) is 26.2 Å². The van der Waals surface area contributed by atoms with Gasteiger partial charge in [-0.1, -0.05) is 18.5 Å². The summed E-state index contributed by atoms with van der Waals surface area (Å²) < 4.78 is 0. The molecule has 0 spiro atoms. The van der Waals surface area contributed by atoms with Gasteiger partial charge in [0.1, 0.15) is 0 Å². The number of amides is 1. The lowest BCUT2D eigenvalue weighted by Crippen LogP contribution is -2.22. The molecule has 0 aromatic heterocycles. The molecule has 1 heterocycles. The summed E-state index contributed by atoms with van der Waals surface area (Å²) in [6.45, 7) is 2.60. The molecular formula is C13H16ClN3O. The van der Waals surface area contributed by atoms with Gasteiger partial charge in [0.05, 0.1) is 12.3 Å². The van der Waals surface area contributed by atoms with Crippen LogP contribution in [0.25, 0.3) is 0 Å². The van der Waals surface area contributed by atoms with Gasteiger partial charge in [0, 0.05) is 29.1 Å². The number of carbonyl (C=O) groups is 1. The number of nitrogen functional groups attached to an aromatic ring is 1. The predicted octanol–water partition coefficient (Wildman–Crippen LogP) is 2.66. The molecule has 0 bridgehead atoms. The molecule has 96 valence electrons. The van der Waals surface area contributed by atoms with Crippen LogP contribution in [-0.2, 0) is 4.79 Å². The van der Waals surface area contributed by atoms with Crippen molar-refractivity contribution in [1.82, 2.24) is 5.01 Å². The van der Waals surface area contributed by atoms with Crippen LogP contribution in [0.2, 0.25) is 5.02 Å². The van der Waals surface area contributed by atoms with Crippen LogP contribution in [0.15, 0.2) is 23.3 Å². The van der Waals surface area contributed by atoms with Crippen LogP contribution in [0.4, 0.5) is 5.69 Å². The first-order valence-electron chi connectivity index (χ1n) is 6.05. The van der Waals surface area contributed by atoms with Crippen molar-refractivity contribution in [2.75, 3.05) is 12.3 Å². The fourth-order valence-electron chi connectivity index (χ4n) is 1.95. The number of nitrogens with two attached hydrogens (primary N) is 1. The number of hydrogen-bond acceptors (Lipinski definition) is 3. The van der Waals surface area contributed by atoms with Crippen molar-refractivity contribution in [3.63, 3.8) is 0 Å². The Balaban J connectivity index is 2.22. The molecular weight excluding hydrogens is 250 g/mol. The van der Waals surface area contributed by atoms with Crippen molar-refractivity contribution < 1.29 is 4.79 Å². The van der Waals surface area contributed by atoms with E-state index in [1.165, 1.54) is 5.01 Å². The first-order valence-corrected chi connectivity index (χ1v) is 6.43. The first kappa shape index (κ1) is 12.9. The maximum Gasteiger partial charge on any atom is 0.242 e. The molecule has 2 N–H and O–H groups in total. The van der Waals surface area contributed by atoms with Gasteiger partial charge in [-0.3, -0.25) is 4.79 Å². The SMILES string of the molecule is CCCC(=O)N1CCC(c2cc(Cl)ccc2N)=N1. The molecule has 0 fully saturated rings. The maximum atomic E-state index is 11.7. The Kier molecular flexibility index (Phi) is 3.87. The molecule has 1 aromatic carbocycles. The minimum atomic E-state index is 0.0631. The second-order valence-corrected chi connectivity index (χ2v) is 4.73. The minimum Gasteiger partial charge on any atom is -0.398 e. The molecule has 4 nitrogen and oxygen atoms in total. The van der Waals surface area contributed by atoms with Gasteiger partial charge in [0.15, 0.2) is 0 Å². The average Bonchev–Trinajstić information content (AvgIpc) is 2.82. The van der Waals surface area contributed by atoms with Crippen LogP contribution in [0.1, 0.15) is 31.7 Å². The zero-order valence-electron chi connectivity index (χ0n) is 10.3. The van der Waals surface area contributed by atoms with Crippen molar-refractivity contribution in [3.05, 3.63) is 28.8 Å². The van der Waals surface area contributed by atoms with Crippen LogP contribution in [0.3, 0.4) is 0 Å². The number of halogens is 1. The van der Waals surface area contributed by atoms with Crippen LogP contribution >= 0.6 is 11.6 Å². The summed E-state index contributed by atoms with van der Waals surface area (Å²) in [5.74, 6) is 0.0631. The standard InChI is InChI=1S/C13H16ClN3O/c1-2-3-13(18)17-7-6-12(16-17)10-8-9(14)4-5-11(10)15/h4-5,8H,2-3,6-7,15H2,1H3. The quantitative estimate of drug-likeness (QED) is 0.854. The van der Waals surface area contributed by atoms with Gasteiger partial charge in [-0.25, -0.2) is 5.01 Å². The molecule has 1 aliphatic rings. The molecule has 0 atom stereocenters. The van der Waals surface area contributed by atoms with E-state index >= 15 is 0 Å².